The summed E-state index contributed by atoms with van der Waals surface area (Å²) in [6.07, 6.45) is -4.48. The predicted octanol–water partition coefficient (Wildman–Crippen LogP) is 3.33. The molecule has 3 aromatic rings. The van der Waals surface area contributed by atoms with Gasteiger partial charge in [0, 0.05) is 43.4 Å². The second-order valence-corrected chi connectivity index (χ2v) is 7.62. The van der Waals surface area contributed by atoms with Crippen molar-refractivity contribution in [2.24, 2.45) is 0 Å². The fourth-order valence-electron chi connectivity index (χ4n) is 3.56. The van der Waals surface area contributed by atoms with Crippen LogP contribution in [0, 0.1) is 10.1 Å². The maximum absolute atomic E-state index is 12.9. The summed E-state index contributed by atoms with van der Waals surface area (Å²) in [5.41, 5.74) is -0.963. The number of alkyl halides is 3. The summed E-state index contributed by atoms with van der Waals surface area (Å²) in [6.45, 7) is 1.89. The minimum atomic E-state index is -4.48. The SMILES string of the molecule is O=C(c1ccc([N+](=O)[O-])c(O)c1)N1CCN(Cc2nc(-c3cccc(C(F)(F)F)c3)no2)CC1. The van der Waals surface area contributed by atoms with Crippen molar-refractivity contribution in [3.63, 3.8) is 0 Å². The normalized spacial score (nSPS) is 14.9. The van der Waals surface area contributed by atoms with E-state index < -0.39 is 28.1 Å². The first-order valence-electron chi connectivity index (χ1n) is 10.1. The number of hydrogen-bond acceptors (Lipinski definition) is 8. The maximum atomic E-state index is 12.9. The molecule has 0 radical (unpaired) electrons. The molecule has 1 aromatic heterocycles. The highest BCUT2D eigenvalue weighted by molar-refractivity contribution is 5.95. The molecule has 34 heavy (non-hydrogen) atoms. The smallest absolute Gasteiger partial charge is 0.416 e. The first-order chi connectivity index (χ1) is 16.1. The van der Waals surface area contributed by atoms with Crippen LogP contribution in [0.3, 0.4) is 0 Å². The zero-order chi connectivity index (χ0) is 24.5. The highest BCUT2D eigenvalue weighted by Crippen LogP contribution is 2.31. The summed E-state index contributed by atoms with van der Waals surface area (Å²) in [5.74, 6) is -0.669. The van der Waals surface area contributed by atoms with Gasteiger partial charge in [-0.05, 0) is 24.3 Å². The van der Waals surface area contributed by atoms with E-state index in [9.17, 15) is 33.2 Å². The van der Waals surface area contributed by atoms with Crippen molar-refractivity contribution in [1.29, 1.82) is 0 Å². The van der Waals surface area contributed by atoms with Crippen LogP contribution in [0.2, 0.25) is 0 Å². The first-order valence-corrected chi connectivity index (χ1v) is 10.1. The summed E-state index contributed by atoms with van der Waals surface area (Å²) >= 11 is 0. The molecule has 0 bridgehead atoms. The van der Waals surface area contributed by atoms with Crippen LogP contribution < -0.4 is 0 Å². The molecule has 0 spiro atoms. The molecule has 1 fully saturated rings. The minimum Gasteiger partial charge on any atom is -0.502 e. The Hall–Kier alpha value is -4.00. The van der Waals surface area contributed by atoms with Gasteiger partial charge in [0.2, 0.25) is 11.7 Å². The molecule has 2 heterocycles. The van der Waals surface area contributed by atoms with E-state index >= 15 is 0 Å². The number of phenolic OH excluding ortho intramolecular Hbond substituents is 1. The van der Waals surface area contributed by atoms with Gasteiger partial charge in [-0.3, -0.25) is 19.8 Å². The van der Waals surface area contributed by atoms with E-state index in [1.54, 1.807) is 4.90 Å². The fourth-order valence-corrected chi connectivity index (χ4v) is 3.56. The molecular formula is C21H18F3N5O5. The standard InChI is InChI=1S/C21H18F3N5O5/c22-21(23,24)15-3-1-2-13(10-15)19-25-18(34-26-19)12-27-6-8-28(9-7-27)20(31)14-4-5-16(29(32)33)17(30)11-14/h1-5,10-11,30H,6-9,12H2. The lowest BCUT2D eigenvalue weighted by Gasteiger charge is -2.34. The molecule has 1 aliphatic heterocycles. The van der Waals surface area contributed by atoms with Crippen molar-refractivity contribution in [3.8, 4) is 17.1 Å². The topological polar surface area (TPSA) is 126 Å². The van der Waals surface area contributed by atoms with Crippen LogP contribution in [-0.4, -0.2) is 62.1 Å². The highest BCUT2D eigenvalue weighted by Gasteiger charge is 2.31. The van der Waals surface area contributed by atoms with E-state index in [1.165, 1.54) is 18.2 Å². The van der Waals surface area contributed by atoms with Gasteiger partial charge in [-0.1, -0.05) is 17.3 Å². The van der Waals surface area contributed by atoms with Gasteiger partial charge in [0.25, 0.3) is 5.91 Å². The third-order valence-electron chi connectivity index (χ3n) is 5.35. The van der Waals surface area contributed by atoms with Gasteiger partial charge in [-0.25, -0.2) is 0 Å². The lowest BCUT2D eigenvalue weighted by Crippen LogP contribution is -2.48. The third kappa shape index (κ3) is 4.98. The Morgan fingerprint density at radius 3 is 2.53 bits per heavy atom. The second-order valence-electron chi connectivity index (χ2n) is 7.62. The monoisotopic (exact) mass is 477 g/mol. The van der Waals surface area contributed by atoms with E-state index in [-0.39, 0.29) is 35.3 Å². The van der Waals surface area contributed by atoms with Gasteiger partial charge in [0.05, 0.1) is 17.0 Å². The number of aromatic hydroxyl groups is 1. The molecule has 178 valence electrons. The third-order valence-corrected chi connectivity index (χ3v) is 5.35. The van der Waals surface area contributed by atoms with Crippen molar-refractivity contribution >= 4 is 11.6 Å². The van der Waals surface area contributed by atoms with E-state index in [0.29, 0.717) is 26.2 Å². The van der Waals surface area contributed by atoms with Gasteiger partial charge in [-0.15, -0.1) is 0 Å². The van der Waals surface area contributed by atoms with Crippen LogP contribution in [0.25, 0.3) is 11.4 Å². The number of rotatable bonds is 5. The summed E-state index contributed by atoms with van der Waals surface area (Å²) in [4.78, 5) is 30.4. The molecule has 4 rings (SSSR count). The highest BCUT2D eigenvalue weighted by atomic mass is 19.4. The number of nitro groups is 1. The quantitative estimate of drug-likeness (QED) is 0.438. The van der Waals surface area contributed by atoms with Gasteiger partial charge in [0.15, 0.2) is 5.75 Å². The van der Waals surface area contributed by atoms with E-state index in [0.717, 1.165) is 24.3 Å². The number of nitro benzene ring substituents is 1. The van der Waals surface area contributed by atoms with E-state index in [2.05, 4.69) is 10.1 Å². The van der Waals surface area contributed by atoms with Crippen molar-refractivity contribution in [1.82, 2.24) is 19.9 Å². The summed E-state index contributed by atoms with van der Waals surface area (Å²) in [7, 11) is 0. The Kier molecular flexibility index (Phi) is 6.20. The maximum Gasteiger partial charge on any atom is 0.416 e. The number of carbonyl (C=O) groups excluding carboxylic acids is 1. The number of carbonyl (C=O) groups is 1. The number of benzene rings is 2. The zero-order valence-corrected chi connectivity index (χ0v) is 17.5. The number of piperazine rings is 1. The van der Waals surface area contributed by atoms with Crippen molar-refractivity contribution < 1.29 is 32.5 Å². The Bertz CT molecular complexity index is 1220. The van der Waals surface area contributed by atoms with Crippen LogP contribution in [0.4, 0.5) is 18.9 Å². The lowest BCUT2D eigenvalue weighted by atomic mass is 10.1. The summed E-state index contributed by atoms with van der Waals surface area (Å²) in [6, 6.07) is 8.09. The molecule has 10 nitrogen and oxygen atoms in total. The van der Waals surface area contributed by atoms with Crippen LogP contribution in [0.5, 0.6) is 5.75 Å². The predicted molar refractivity (Wildman–Crippen MR) is 111 cm³/mol. The molecular weight excluding hydrogens is 459 g/mol. The number of aromatic nitrogens is 2. The molecule has 1 aliphatic rings. The summed E-state index contributed by atoms with van der Waals surface area (Å²) < 4.78 is 44.0. The largest absolute Gasteiger partial charge is 0.502 e. The van der Waals surface area contributed by atoms with Crippen LogP contribution >= 0.6 is 0 Å². The number of amides is 1. The van der Waals surface area contributed by atoms with Gasteiger partial charge in [-0.2, -0.15) is 18.2 Å². The van der Waals surface area contributed by atoms with Gasteiger partial charge in [0.1, 0.15) is 0 Å². The second kappa shape index (κ2) is 9.09. The molecule has 0 aliphatic carbocycles. The molecule has 1 N–H and O–H groups in total. The lowest BCUT2D eigenvalue weighted by molar-refractivity contribution is -0.385. The number of nitrogens with zero attached hydrogens (tertiary/aromatic N) is 5. The fraction of sp³-hybridized carbons (Fsp3) is 0.286. The van der Waals surface area contributed by atoms with Crippen LogP contribution in [0.15, 0.2) is 47.0 Å². The Balaban J connectivity index is 1.35. The average molecular weight is 477 g/mol. The Labute approximate surface area is 190 Å². The van der Waals surface area contributed by atoms with E-state index in [1.807, 2.05) is 4.90 Å². The van der Waals surface area contributed by atoms with E-state index in [4.69, 9.17) is 4.52 Å². The van der Waals surface area contributed by atoms with Crippen molar-refractivity contribution in [2.75, 3.05) is 26.2 Å². The summed E-state index contributed by atoms with van der Waals surface area (Å²) in [5, 5.41) is 24.3. The Morgan fingerprint density at radius 2 is 1.88 bits per heavy atom. The molecule has 0 saturated carbocycles. The molecule has 0 atom stereocenters. The minimum absolute atomic E-state index is 0.0490. The molecule has 1 amide bonds. The zero-order valence-electron chi connectivity index (χ0n) is 17.5. The average Bonchev–Trinajstić information content (AvgIpc) is 3.27. The van der Waals surface area contributed by atoms with Gasteiger partial charge >= 0.3 is 11.9 Å². The van der Waals surface area contributed by atoms with Crippen molar-refractivity contribution in [2.45, 2.75) is 12.7 Å². The first kappa shape index (κ1) is 23.2. The van der Waals surface area contributed by atoms with Crippen LogP contribution in [0.1, 0.15) is 21.8 Å². The molecule has 13 heteroatoms. The number of phenols is 1. The number of halogens is 3. The number of hydrogen-bond donors (Lipinski definition) is 1. The Morgan fingerprint density at radius 1 is 1.15 bits per heavy atom. The van der Waals surface area contributed by atoms with Crippen molar-refractivity contribution in [3.05, 3.63) is 69.6 Å². The molecule has 0 unspecified atom stereocenters. The molecule has 1 saturated heterocycles. The van der Waals surface area contributed by atoms with Crippen LogP contribution in [-0.2, 0) is 12.7 Å². The molecule has 2 aromatic carbocycles. The van der Waals surface area contributed by atoms with Gasteiger partial charge < -0.3 is 14.5 Å².